The van der Waals surface area contributed by atoms with Gasteiger partial charge in [0.25, 0.3) is 5.82 Å². The van der Waals surface area contributed by atoms with Gasteiger partial charge in [-0.2, -0.15) is 0 Å². The van der Waals surface area contributed by atoms with Gasteiger partial charge in [0.1, 0.15) is 0 Å². The summed E-state index contributed by atoms with van der Waals surface area (Å²) in [7, 11) is 1.67. The summed E-state index contributed by atoms with van der Waals surface area (Å²) in [6.07, 6.45) is 0. The largest absolute Gasteiger partial charge is 0.462 e. The predicted molar refractivity (Wildman–Crippen MR) is 119 cm³/mol. The van der Waals surface area contributed by atoms with Crippen molar-refractivity contribution < 1.29 is 23.6 Å². The zero-order valence-corrected chi connectivity index (χ0v) is 19.3. The molecule has 0 spiro atoms. The fourth-order valence-electron chi connectivity index (χ4n) is 4.24. The summed E-state index contributed by atoms with van der Waals surface area (Å²) in [6, 6.07) is 7.48. The third-order valence-corrected chi connectivity index (χ3v) is 5.86. The first-order chi connectivity index (χ1) is 14.8. The molecule has 0 atom stereocenters. The van der Waals surface area contributed by atoms with E-state index in [1.807, 2.05) is 43.5 Å². The van der Waals surface area contributed by atoms with Crippen LogP contribution in [-0.2, 0) is 29.1 Å². The summed E-state index contributed by atoms with van der Waals surface area (Å²) in [5.74, 6) is 0.660. The molecule has 0 saturated heterocycles. The van der Waals surface area contributed by atoms with Gasteiger partial charge in [-0.3, -0.25) is 4.79 Å². The van der Waals surface area contributed by atoms with Crippen LogP contribution in [0.3, 0.4) is 0 Å². The molecule has 31 heavy (non-hydrogen) atoms. The number of methoxy groups -OCH3 is 1. The minimum Gasteiger partial charge on any atom is -0.462 e. The van der Waals surface area contributed by atoms with Gasteiger partial charge in [0.15, 0.2) is 17.6 Å². The Labute approximate surface area is 183 Å². The van der Waals surface area contributed by atoms with Crippen molar-refractivity contribution >= 4 is 22.8 Å². The van der Waals surface area contributed by atoms with Gasteiger partial charge in [-0.25, -0.2) is 13.9 Å². The Balaban J connectivity index is 2.02. The first-order valence-corrected chi connectivity index (χ1v) is 10.7. The normalized spacial score (nSPS) is 11.3. The molecule has 3 aromatic rings. The number of hydrogen-bond acceptors (Lipinski definition) is 4. The van der Waals surface area contributed by atoms with Crippen molar-refractivity contribution in [1.82, 2.24) is 9.13 Å². The van der Waals surface area contributed by atoms with Gasteiger partial charge in [-0.1, -0.05) is 0 Å². The summed E-state index contributed by atoms with van der Waals surface area (Å²) >= 11 is 0. The van der Waals surface area contributed by atoms with E-state index in [9.17, 15) is 9.59 Å². The number of carbonyl (C=O) groups excluding carboxylic acids is 2. The number of fused-ring (bicyclic) bond motifs is 1. The van der Waals surface area contributed by atoms with Crippen LogP contribution in [0, 0.1) is 20.8 Å². The molecule has 0 bridgehead atoms. The molecule has 0 amide bonds. The van der Waals surface area contributed by atoms with E-state index in [1.165, 1.54) is 0 Å². The van der Waals surface area contributed by atoms with Crippen LogP contribution in [0.1, 0.15) is 51.8 Å². The van der Waals surface area contributed by atoms with Crippen LogP contribution in [0.2, 0.25) is 0 Å². The monoisotopic (exact) mass is 426 g/mol. The lowest BCUT2D eigenvalue weighted by atomic mass is 10.1. The molecule has 7 heteroatoms. The van der Waals surface area contributed by atoms with Gasteiger partial charge < -0.3 is 14.0 Å². The Morgan fingerprint density at radius 2 is 1.81 bits per heavy atom. The van der Waals surface area contributed by atoms with Gasteiger partial charge >= 0.3 is 5.97 Å². The molecule has 0 aliphatic heterocycles. The number of esters is 1. The molecular formula is C24H32N3O4+. The lowest BCUT2D eigenvalue weighted by Gasteiger charge is -2.08. The van der Waals surface area contributed by atoms with Crippen LogP contribution in [0.25, 0.3) is 11.0 Å². The maximum absolute atomic E-state index is 13.3. The third kappa shape index (κ3) is 4.28. The van der Waals surface area contributed by atoms with E-state index in [2.05, 4.69) is 16.1 Å². The molecule has 2 heterocycles. The number of ether oxygens (including phenoxy) is 2. The number of rotatable bonds is 9. The SMILES string of the molecule is CCOC(=O)c1ccc2c(c1)n(CC(=O)c1cc(C)n(CCOC)c1C)c(C)[n+]2CC. The molecule has 0 saturated carbocycles. The molecule has 0 aliphatic carbocycles. The number of hydrogen-bond donors (Lipinski definition) is 0. The molecule has 0 radical (unpaired) electrons. The number of aromatic nitrogens is 3. The Bertz CT molecular complexity index is 1120. The summed E-state index contributed by atoms with van der Waals surface area (Å²) in [5.41, 5.74) is 5.04. The van der Waals surface area contributed by atoms with Crippen molar-refractivity contribution in [3.8, 4) is 0 Å². The number of aryl methyl sites for hydroxylation is 2. The highest BCUT2D eigenvalue weighted by atomic mass is 16.5. The quantitative estimate of drug-likeness (QED) is 0.299. The van der Waals surface area contributed by atoms with Gasteiger partial charge in [0.2, 0.25) is 5.78 Å². The number of Topliss-reactive ketones (excluding diaryl/α,β-unsaturated/α-hetero) is 1. The van der Waals surface area contributed by atoms with Crippen LogP contribution in [0.4, 0.5) is 0 Å². The molecule has 0 fully saturated rings. The van der Waals surface area contributed by atoms with E-state index in [0.29, 0.717) is 25.3 Å². The van der Waals surface area contributed by atoms with E-state index >= 15 is 0 Å². The minimum absolute atomic E-state index is 0.0431. The molecule has 7 nitrogen and oxygen atoms in total. The van der Waals surface area contributed by atoms with Crippen molar-refractivity contribution in [2.45, 2.75) is 54.3 Å². The number of benzene rings is 1. The second-order valence-electron chi connectivity index (χ2n) is 7.65. The van der Waals surface area contributed by atoms with Gasteiger partial charge in [0.05, 0.1) is 25.3 Å². The maximum atomic E-state index is 13.3. The van der Waals surface area contributed by atoms with Gasteiger partial charge in [-0.15, -0.1) is 0 Å². The fourth-order valence-corrected chi connectivity index (χ4v) is 4.24. The van der Waals surface area contributed by atoms with Crippen LogP contribution in [-0.4, -0.2) is 41.2 Å². The average molecular weight is 427 g/mol. The summed E-state index contributed by atoms with van der Waals surface area (Å²) in [6.45, 7) is 12.4. The number of imidazole rings is 1. The second-order valence-corrected chi connectivity index (χ2v) is 7.65. The van der Waals surface area contributed by atoms with Crippen LogP contribution >= 0.6 is 0 Å². The maximum Gasteiger partial charge on any atom is 0.338 e. The highest BCUT2D eigenvalue weighted by Gasteiger charge is 2.26. The molecule has 166 valence electrons. The molecule has 0 unspecified atom stereocenters. The second kappa shape index (κ2) is 9.47. The standard InChI is InChI=1S/C24H32N3O4/c1-7-25-18(5)27(22-14-19(9-10-21(22)25)24(29)31-8-2)15-23(28)20-13-16(3)26(17(20)4)11-12-30-6/h9-10,13-14H,7-8,11-12,15H2,1-6H3/q+1. The predicted octanol–water partition coefficient (Wildman–Crippen LogP) is 3.38. The van der Waals surface area contributed by atoms with E-state index in [1.54, 1.807) is 20.1 Å². The first kappa shape index (κ1) is 22.7. The highest BCUT2D eigenvalue weighted by molar-refractivity contribution is 5.98. The zero-order chi connectivity index (χ0) is 22.7. The molecule has 0 N–H and O–H groups in total. The van der Waals surface area contributed by atoms with Crippen LogP contribution in [0.5, 0.6) is 0 Å². The Morgan fingerprint density at radius 1 is 1.06 bits per heavy atom. The lowest BCUT2D eigenvalue weighted by Crippen LogP contribution is -2.35. The van der Waals surface area contributed by atoms with Crippen molar-refractivity contribution in [3.05, 3.63) is 52.6 Å². The minimum atomic E-state index is -0.356. The summed E-state index contributed by atoms with van der Waals surface area (Å²) < 4.78 is 16.6. The van der Waals surface area contributed by atoms with Crippen LogP contribution < -0.4 is 4.57 Å². The molecular weight excluding hydrogens is 394 g/mol. The van der Waals surface area contributed by atoms with Crippen molar-refractivity contribution in [2.75, 3.05) is 20.3 Å². The van der Waals surface area contributed by atoms with Crippen LogP contribution in [0.15, 0.2) is 24.3 Å². The molecule has 3 rings (SSSR count). The molecule has 1 aromatic carbocycles. The highest BCUT2D eigenvalue weighted by Crippen LogP contribution is 2.21. The lowest BCUT2D eigenvalue weighted by molar-refractivity contribution is -0.674. The van der Waals surface area contributed by atoms with E-state index in [0.717, 1.165) is 40.4 Å². The number of carbonyl (C=O) groups is 2. The Kier molecular flexibility index (Phi) is 6.95. The van der Waals surface area contributed by atoms with Gasteiger partial charge in [-0.05, 0) is 45.9 Å². The number of ketones is 1. The topological polar surface area (TPSA) is 66.3 Å². The number of nitrogens with zero attached hydrogens (tertiary/aromatic N) is 3. The fraction of sp³-hybridized carbons (Fsp3) is 0.458. The van der Waals surface area contributed by atoms with Crippen molar-refractivity contribution in [2.24, 2.45) is 0 Å². The zero-order valence-electron chi connectivity index (χ0n) is 19.3. The smallest absolute Gasteiger partial charge is 0.338 e. The molecule has 0 aliphatic rings. The Morgan fingerprint density at radius 3 is 2.45 bits per heavy atom. The average Bonchev–Trinajstić information content (AvgIpc) is 3.18. The Hall–Kier alpha value is -2.93. The third-order valence-electron chi connectivity index (χ3n) is 5.86. The van der Waals surface area contributed by atoms with E-state index in [-0.39, 0.29) is 18.3 Å². The first-order valence-electron chi connectivity index (χ1n) is 10.7. The van der Waals surface area contributed by atoms with Crippen molar-refractivity contribution in [3.63, 3.8) is 0 Å². The summed E-state index contributed by atoms with van der Waals surface area (Å²) in [4.78, 5) is 25.6. The molecule has 2 aromatic heterocycles. The van der Waals surface area contributed by atoms with E-state index < -0.39 is 0 Å². The van der Waals surface area contributed by atoms with Gasteiger partial charge in [0, 0.05) is 43.6 Å². The van der Waals surface area contributed by atoms with E-state index in [4.69, 9.17) is 9.47 Å². The summed E-state index contributed by atoms with van der Waals surface area (Å²) in [5, 5.41) is 0. The van der Waals surface area contributed by atoms with Crippen molar-refractivity contribution in [1.29, 1.82) is 0 Å².